The van der Waals surface area contributed by atoms with Crippen LogP contribution >= 0.6 is 0 Å². The highest BCUT2D eigenvalue weighted by molar-refractivity contribution is 5.96. The highest BCUT2D eigenvalue weighted by atomic mass is 15.0. The minimum atomic E-state index is -0.476. The van der Waals surface area contributed by atoms with Crippen molar-refractivity contribution in [2.24, 2.45) is 0 Å². The molecule has 0 bridgehead atoms. The van der Waals surface area contributed by atoms with Crippen molar-refractivity contribution in [1.29, 1.82) is 0 Å². The second-order valence-corrected chi connectivity index (χ2v) is 16.2. The summed E-state index contributed by atoms with van der Waals surface area (Å²) >= 11 is 0. The molecule has 1 spiro atoms. The topological polar surface area (TPSA) is 56.0 Å². The van der Waals surface area contributed by atoms with E-state index >= 15 is 0 Å². The van der Waals surface area contributed by atoms with Crippen molar-refractivity contribution >= 4 is 16.6 Å². The van der Waals surface area contributed by atoms with Crippen LogP contribution in [0.4, 0.5) is 0 Å². The molecule has 288 valence electrons. The van der Waals surface area contributed by atoms with Crippen LogP contribution in [-0.4, -0.2) is 24.3 Å². The number of hydrogen-bond acceptors (Lipinski definition) is 4. The SMILES string of the molecule is c1ccc(-c2nc(-c3cccc(-c4c(-c5ccccc5)nc5ccc6ccccc6n45)c3)nc(-c3ccc4c(c3)C3(c5ccccc5-c5ccccc53)c3ccccc3-4)n2)cc1. The first-order valence-electron chi connectivity index (χ1n) is 21.1. The van der Waals surface area contributed by atoms with Crippen molar-refractivity contribution in [3.63, 3.8) is 0 Å². The molecule has 0 radical (unpaired) electrons. The molecule has 3 aromatic heterocycles. The summed E-state index contributed by atoms with van der Waals surface area (Å²) in [5.41, 5.74) is 18.5. The van der Waals surface area contributed by atoms with Crippen molar-refractivity contribution in [3.05, 3.63) is 235 Å². The first-order chi connectivity index (χ1) is 30.7. The Hall–Kier alpha value is -8.28. The van der Waals surface area contributed by atoms with Gasteiger partial charge in [-0.1, -0.05) is 182 Å². The molecule has 2 aliphatic rings. The first kappa shape index (κ1) is 34.6. The molecule has 0 atom stereocenters. The van der Waals surface area contributed by atoms with Crippen molar-refractivity contribution in [3.8, 4) is 78.9 Å². The summed E-state index contributed by atoms with van der Waals surface area (Å²) < 4.78 is 2.28. The lowest BCUT2D eigenvalue weighted by molar-refractivity contribution is 0.794. The monoisotopic (exact) mass is 789 g/mol. The summed E-state index contributed by atoms with van der Waals surface area (Å²) in [6.45, 7) is 0. The van der Waals surface area contributed by atoms with Gasteiger partial charge in [0.05, 0.1) is 22.3 Å². The van der Waals surface area contributed by atoms with Crippen LogP contribution in [0.15, 0.2) is 212 Å². The van der Waals surface area contributed by atoms with Crippen LogP contribution in [0.1, 0.15) is 22.3 Å². The van der Waals surface area contributed by atoms with Gasteiger partial charge in [0.2, 0.25) is 0 Å². The molecule has 2 aliphatic carbocycles. The third-order valence-electron chi connectivity index (χ3n) is 12.9. The maximum atomic E-state index is 5.35. The number of imidazole rings is 1. The van der Waals surface area contributed by atoms with E-state index in [1.165, 1.54) is 44.5 Å². The Kier molecular flexibility index (Phi) is 7.45. The smallest absolute Gasteiger partial charge is 0.164 e. The van der Waals surface area contributed by atoms with Crippen LogP contribution in [0.5, 0.6) is 0 Å². The molecule has 5 nitrogen and oxygen atoms in total. The number of fused-ring (bicyclic) bond motifs is 13. The molecule has 5 heteroatoms. The average molecular weight is 790 g/mol. The zero-order valence-corrected chi connectivity index (χ0v) is 33.4. The van der Waals surface area contributed by atoms with Gasteiger partial charge in [-0.3, -0.25) is 4.40 Å². The van der Waals surface area contributed by atoms with Crippen molar-refractivity contribution < 1.29 is 0 Å². The Balaban J connectivity index is 1.03. The molecule has 0 N–H and O–H groups in total. The lowest BCUT2D eigenvalue weighted by Crippen LogP contribution is -2.25. The molecule has 0 aliphatic heterocycles. The minimum absolute atomic E-state index is 0.476. The van der Waals surface area contributed by atoms with Crippen LogP contribution in [0.2, 0.25) is 0 Å². The Morgan fingerprint density at radius 1 is 0.323 bits per heavy atom. The van der Waals surface area contributed by atoms with Gasteiger partial charge < -0.3 is 0 Å². The van der Waals surface area contributed by atoms with Crippen LogP contribution in [0.3, 0.4) is 0 Å². The number of pyridine rings is 1. The van der Waals surface area contributed by atoms with E-state index in [9.17, 15) is 0 Å². The molecular formula is C57H35N5. The zero-order valence-electron chi connectivity index (χ0n) is 33.4. The molecule has 0 amide bonds. The average Bonchev–Trinajstić information content (AvgIpc) is 3.99. The maximum Gasteiger partial charge on any atom is 0.164 e. The fraction of sp³-hybridized carbons (Fsp3) is 0.0175. The molecule has 3 heterocycles. The Bertz CT molecular complexity index is 3530. The summed E-state index contributed by atoms with van der Waals surface area (Å²) in [6, 6.07) is 75.5. The molecule has 13 rings (SSSR count). The second kappa shape index (κ2) is 13.4. The molecule has 0 saturated heterocycles. The van der Waals surface area contributed by atoms with Gasteiger partial charge >= 0.3 is 0 Å². The molecule has 8 aromatic carbocycles. The standard InChI is InChI=1S/C57H35N5/c1-3-17-37(18-4-1)52-53(62-50-29-14-7-16-36(50)31-33-51(62)58-52)39-21-15-22-40(34-39)55-59-54(38-19-5-2-6-20-38)60-56(61-55)41-30-32-45-44-25-10-13-28-48(44)57(49(45)35-41)46-26-11-8-23-42(46)43-24-9-12-27-47(43)57/h1-35H. The van der Waals surface area contributed by atoms with Gasteiger partial charge in [-0.2, -0.15) is 0 Å². The van der Waals surface area contributed by atoms with Gasteiger partial charge in [-0.15, -0.1) is 0 Å². The molecule has 0 fully saturated rings. The van der Waals surface area contributed by atoms with Crippen molar-refractivity contribution in [1.82, 2.24) is 24.3 Å². The molecule has 11 aromatic rings. The van der Waals surface area contributed by atoms with E-state index in [0.717, 1.165) is 55.8 Å². The highest BCUT2D eigenvalue weighted by Gasteiger charge is 2.51. The zero-order chi connectivity index (χ0) is 40.8. The predicted octanol–water partition coefficient (Wildman–Crippen LogP) is 13.4. The maximum absolute atomic E-state index is 5.35. The predicted molar refractivity (Wildman–Crippen MR) is 250 cm³/mol. The summed E-state index contributed by atoms with van der Waals surface area (Å²) in [4.78, 5) is 21.0. The summed E-state index contributed by atoms with van der Waals surface area (Å²) in [6.07, 6.45) is 0. The Morgan fingerprint density at radius 2 is 0.823 bits per heavy atom. The largest absolute Gasteiger partial charge is 0.292 e. The summed E-state index contributed by atoms with van der Waals surface area (Å²) in [7, 11) is 0. The van der Waals surface area contributed by atoms with E-state index in [0.29, 0.717) is 17.5 Å². The van der Waals surface area contributed by atoms with Gasteiger partial charge in [0.25, 0.3) is 0 Å². The van der Waals surface area contributed by atoms with Crippen LogP contribution in [-0.2, 0) is 5.41 Å². The second-order valence-electron chi connectivity index (χ2n) is 16.2. The van der Waals surface area contributed by atoms with E-state index in [4.69, 9.17) is 19.9 Å². The quantitative estimate of drug-likeness (QED) is 0.174. The molecule has 0 saturated carbocycles. The van der Waals surface area contributed by atoms with Gasteiger partial charge in [0, 0.05) is 27.8 Å². The third kappa shape index (κ3) is 4.96. The minimum Gasteiger partial charge on any atom is -0.292 e. The van der Waals surface area contributed by atoms with Crippen molar-refractivity contribution in [2.75, 3.05) is 0 Å². The van der Waals surface area contributed by atoms with Crippen molar-refractivity contribution in [2.45, 2.75) is 5.41 Å². The molecule has 62 heavy (non-hydrogen) atoms. The normalized spacial score (nSPS) is 13.0. The Labute approximate surface area is 358 Å². The van der Waals surface area contributed by atoms with E-state index in [2.05, 4.69) is 192 Å². The van der Waals surface area contributed by atoms with E-state index in [-0.39, 0.29) is 0 Å². The molecule has 0 unspecified atom stereocenters. The third-order valence-corrected chi connectivity index (χ3v) is 12.9. The lowest BCUT2D eigenvalue weighted by atomic mass is 9.70. The number of hydrogen-bond donors (Lipinski definition) is 0. The highest BCUT2D eigenvalue weighted by Crippen LogP contribution is 2.63. The number of aromatic nitrogens is 5. The summed E-state index contributed by atoms with van der Waals surface area (Å²) in [5, 5.41) is 1.15. The van der Waals surface area contributed by atoms with Gasteiger partial charge in [-0.05, 0) is 80.2 Å². The van der Waals surface area contributed by atoms with Gasteiger partial charge in [0.1, 0.15) is 5.65 Å². The Morgan fingerprint density at radius 3 is 1.48 bits per heavy atom. The van der Waals surface area contributed by atoms with E-state index in [1.54, 1.807) is 0 Å². The molecular weight excluding hydrogens is 755 g/mol. The number of nitrogens with zero attached hydrogens (tertiary/aromatic N) is 5. The lowest BCUT2D eigenvalue weighted by Gasteiger charge is -2.30. The number of benzene rings is 8. The first-order valence-corrected chi connectivity index (χ1v) is 21.1. The van der Waals surface area contributed by atoms with Gasteiger partial charge in [-0.25, -0.2) is 19.9 Å². The van der Waals surface area contributed by atoms with Gasteiger partial charge in [0.15, 0.2) is 17.5 Å². The van der Waals surface area contributed by atoms with E-state index in [1.807, 2.05) is 24.3 Å². The number of rotatable bonds is 5. The van der Waals surface area contributed by atoms with Crippen LogP contribution in [0, 0.1) is 0 Å². The number of para-hydroxylation sites is 1. The summed E-state index contributed by atoms with van der Waals surface area (Å²) in [5.74, 6) is 1.85. The van der Waals surface area contributed by atoms with Crippen LogP contribution < -0.4 is 0 Å². The fourth-order valence-electron chi connectivity index (χ4n) is 10.2. The van der Waals surface area contributed by atoms with Crippen LogP contribution in [0.25, 0.3) is 95.5 Å². The fourth-order valence-corrected chi connectivity index (χ4v) is 10.2. The van der Waals surface area contributed by atoms with E-state index < -0.39 is 5.41 Å².